The lowest BCUT2D eigenvalue weighted by atomic mass is 9.93. The number of rotatable bonds is 0. The summed E-state index contributed by atoms with van der Waals surface area (Å²) in [5.74, 6) is -0.969. The zero-order chi connectivity index (χ0) is 11.4. The van der Waals surface area contributed by atoms with Crippen LogP contribution in [0.3, 0.4) is 0 Å². The smallest absolute Gasteiger partial charge is 0.322 e. The molecule has 0 bridgehead atoms. The molecular formula is C7H10N2O6. The van der Waals surface area contributed by atoms with Crippen LogP contribution >= 0.6 is 0 Å². The monoisotopic (exact) mass is 218 g/mol. The normalized spacial score (nSPS) is 49.6. The van der Waals surface area contributed by atoms with Gasteiger partial charge < -0.3 is 25.7 Å². The highest BCUT2D eigenvalue weighted by atomic mass is 16.4. The van der Waals surface area contributed by atoms with Gasteiger partial charge in [0.2, 0.25) is 0 Å². The van der Waals surface area contributed by atoms with E-state index in [4.69, 9.17) is 0 Å². The second kappa shape index (κ2) is 2.89. The Morgan fingerprint density at radius 1 is 1.00 bits per heavy atom. The molecule has 1 aliphatic heterocycles. The highest BCUT2D eigenvalue weighted by Gasteiger charge is 2.67. The number of carbonyl (C=O) groups is 2. The van der Waals surface area contributed by atoms with Crippen molar-refractivity contribution in [2.24, 2.45) is 0 Å². The van der Waals surface area contributed by atoms with Crippen molar-refractivity contribution in [2.75, 3.05) is 0 Å². The number of carbonyl (C=O) groups excluding carboxylic acids is 2. The molecule has 6 N–H and O–H groups in total. The molecule has 1 heterocycles. The lowest BCUT2D eigenvalue weighted by Crippen LogP contribution is -2.61. The second-order valence-electron chi connectivity index (χ2n) is 3.65. The molecule has 8 heteroatoms. The van der Waals surface area contributed by atoms with Crippen molar-refractivity contribution >= 4 is 11.9 Å². The predicted octanol–water partition coefficient (Wildman–Crippen LogP) is -3.98. The number of nitrogens with one attached hydrogen (secondary N) is 2. The maximum absolute atomic E-state index is 11.4. The van der Waals surface area contributed by atoms with Gasteiger partial charge in [-0.2, -0.15) is 0 Å². The summed E-state index contributed by atoms with van der Waals surface area (Å²) >= 11 is 0. The minimum Gasteiger partial charge on any atom is -0.387 e. The first kappa shape index (κ1) is 10.3. The van der Waals surface area contributed by atoms with Gasteiger partial charge in [-0.1, -0.05) is 0 Å². The van der Waals surface area contributed by atoms with Crippen LogP contribution in [0.15, 0.2) is 0 Å². The lowest BCUT2D eigenvalue weighted by Gasteiger charge is -2.27. The highest BCUT2D eigenvalue weighted by Crippen LogP contribution is 2.33. The molecule has 2 fully saturated rings. The standard InChI is InChI=1S/C7H10N2O6/c10-1-2(11)4(13)7(3(1)12)5(14)8-6(15)9-7/h1-4,10-13H,(H2,8,9,14,15)/t1-,2-,3-,4-/m0/s1. The first-order valence-corrected chi connectivity index (χ1v) is 4.27. The van der Waals surface area contributed by atoms with Gasteiger partial charge in [-0.3, -0.25) is 10.1 Å². The average Bonchev–Trinajstić information content (AvgIpc) is 2.56. The third-order valence-corrected chi connectivity index (χ3v) is 2.85. The van der Waals surface area contributed by atoms with E-state index >= 15 is 0 Å². The number of urea groups is 1. The van der Waals surface area contributed by atoms with Gasteiger partial charge in [0.25, 0.3) is 5.91 Å². The molecule has 0 aromatic carbocycles. The Balaban J connectivity index is 2.43. The van der Waals surface area contributed by atoms with Crippen molar-refractivity contribution < 1.29 is 30.0 Å². The molecule has 0 aromatic rings. The van der Waals surface area contributed by atoms with E-state index in [9.17, 15) is 30.0 Å². The van der Waals surface area contributed by atoms with Crippen LogP contribution in [0.5, 0.6) is 0 Å². The molecule has 0 aromatic heterocycles. The Bertz CT molecular complexity index is 317. The molecule has 84 valence electrons. The van der Waals surface area contributed by atoms with Gasteiger partial charge in [-0.15, -0.1) is 0 Å². The molecule has 1 saturated carbocycles. The molecule has 2 aliphatic rings. The molecule has 15 heavy (non-hydrogen) atoms. The highest BCUT2D eigenvalue weighted by molar-refractivity contribution is 6.08. The molecule has 1 saturated heterocycles. The summed E-state index contributed by atoms with van der Waals surface area (Å²) in [5, 5.41) is 41.5. The van der Waals surface area contributed by atoms with E-state index in [0.717, 1.165) is 0 Å². The summed E-state index contributed by atoms with van der Waals surface area (Å²) in [6.07, 6.45) is -6.89. The van der Waals surface area contributed by atoms with E-state index in [-0.39, 0.29) is 0 Å². The van der Waals surface area contributed by atoms with E-state index < -0.39 is 41.9 Å². The number of imide groups is 1. The fraction of sp³-hybridized carbons (Fsp3) is 0.714. The third kappa shape index (κ3) is 1.04. The van der Waals surface area contributed by atoms with Crippen molar-refractivity contribution in [3.05, 3.63) is 0 Å². The van der Waals surface area contributed by atoms with Gasteiger partial charge in [-0.25, -0.2) is 4.79 Å². The van der Waals surface area contributed by atoms with Crippen molar-refractivity contribution in [2.45, 2.75) is 30.0 Å². The fourth-order valence-corrected chi connectivity index (χ4v) is 1.99. The van der Waals surface area contributed by atoms with Gasteiger partial charge in [0.05, 0.1) is 0 Å². The molecule has 8 nitrogen and oxygen atoms in total. The van der Waals surface area contributed by atoms with Gasteiger partial charge in [0, 0.05) is 0 Å². The third-order valence-electron chi connectivity index (χ3n) is 2.85. The molecule has 0 unspecified atom stereocenters. The molecule has 3 amide bonds. The Labute approximate surface area is 83.5 Å². The number of hydrogen-bond donors (Lipinski definition) is 6. The predicted molar refractivity (Wildman–Crippen MR) is 43.4 cm³/mol. The topological polar surface area (TPSA) is 139 Å². The van der Waals surface area contributed by atoms with Gasteiger partial charge >= 0.3 is 6.03 Å². The first-order chi connectivity index (χ1) is 6.91. The summed E-state index contributed by atoms with van der Waals surface area (Å²) in [7, 11) is 0. The van der Waals surface area contributed by atoms with Crippen LogP contribution in [0, 0.1) is 0 Å². The van der Waals surface area contributed by atoms with Gasteiger partial charge in [-0.05, 0) is 0 Å². The fourth-order valence-electron chi connectivity index (χ4n) is 1.99. The minimum atomic E-state index is -2.06. The molecule has 2 rings (SSSR count). The Kier molecular flexibility index (Phi) is 1.98. The Hall–Kier alpha value is -1.22. The minimum absolute atomic E-state index is 0.889. The summed E-state index contributed by atoms with van der Waals surface area (Å²) < 4.78 is 0. The lowest BCUT2D eigenvalue weighted by molar-refractivity contribution is -0.132. The summed E-state index contributed by atoms with van der Waals surface area (Å²) in [6, 6.07) is -0.889. The SMILES string of the molecule is O=C1NC(=O)C2(N1)[C@@H](O)[C@@H](O)[C@H](O)[C@@H]2O. The van der Waals surface area contributed by atoms with Gasteiger partial charge in [0.15, 0.2) is 5.54 Å². The Morgan fingerprint density at radius 2 is 1.47 bits per heavy atom. The van der Waals surface area contributed by atoms with Crippen molar-refractivity contribution in [1.29, 1.82) is 0 Å². The number of hydrogen-bond acceptors (Lipinski definition) is 6. The quantitative estimate of drug-likeness (QED) is 0.229. The zero-order valence-electron chi connectivity index (χ0n) is 7.41. The molecular weight excluding hydrogens is 208 g/mol. The van der Waals surface area contributed by atoms with Gasteiger partial charge in [0.1, 0.15) is 24.4 Å². The van der Waals surface area contributed by atoms with Crippen LogP contribution in [0.2, 0.25) is 0 Å². The van der Waals surface area contributed by atoms with E-state index in [2.05, 4.69) is 0 Å². The van der Waals surface area contributed by atoms with Crippen LogP contribution in [-0.2, 0) is 4.79 Å². The average molecular weight is 218 g/mol. The van der Waals surface area contributed by atoms with E-state index in [1.807, 2.05) is 10.6 Å². The van der Waals surface area contributed by atoms with Crippen molar-refractivity contribution in [1.82, 2.24) is 10.6 Å². The summed E-state index contributed by atoms with van der Waals surface area (Å²) in [4.78, 5) is 22.3. The molecule has 0 radical (unpaired) electrons. The number of amides is 3. The van der Waals surface area contributed by atoms with Crippen molar-refractivity contribution in [3.63, 3.8) is 0 Å². The number of aliphatic hydroxyl groups excluding tert-OH is 4. The van der Waals surface area contributed by atoms with E-state index in [1.54, 1.807) is 0 Å². The zero-order valence-corrected chi connectivity index (χ0v) is 7.41. The second-order valence-corrected chi connectivity index (χ2v) is 3.65. The van der Waals surface area contributed by atoms with Crippen LogP contribution in [0.25, 0.3) is 0 Å². The van der Waals surface area contributed by atoms with Crippen LogP contribution < -0.4 is 10.6 Å². The molecule has 4 atom stereocenters. The van der Waals surface area contributed by atoms with Crippen LogP contribution in [0.4, 0.5) is 4.79 Å². The summed E-state index contributed by atoms with van der Waals surface area (Å²) in [6.45, 7) is 0. The molecule has 1 aliphatic carbocycles. The van der Waals surface area contributed by atoms with Crippen LogP contribution in [-0.4, -0.2) is 62.3 Å². The molecule has 1 spiro atoms. The van der Waals surface area contributed by atoms with Crippen molar-refractivity contribution in [3.8, 4) is 0 Å². The maximum Gasteiger partial charge on any atom is 0.322 e. The number of aliphatic hydroxyl groups is 4. The van der Waals surface area contributed by atoms with Crippen LogP contribution in [0.1, 0.15) is 0 Å². The first-order valence-electron chi connectivity index (χ1n) is 4.27. The van der Waals surface area contributed by atoms with E-state index in [0.29, 0.717) is 0 Å². The maximum atomic E-state index is 11.4. The Morgan fingerprint density at radius 3 is 1.80 bits per heavy atom. The largest absolute Gasteiger partial charge is 0.387 e. The summed E-state index contributed by atoms with van der Waals surface area (Å²) in [5.41, 5.74) is -2.06. The van der Waals surface area contributed by atoms with E-state index in [1.165, 1.54) is 0 Å².